The predicted molar refractivity (Wildman–Crippen MR) is 99.1 cm³/mol. The first-order chi connectivity index (χ1) is 11.7. The topological polar surface area (TPSA) is 83.6 Å². The standard InChI is InChI=1S/C17H26N2O4S2/c1-4-14(3)16-6-8-17(9-7-16)25(22,23)19-11-10-15(13-19)12-18-24(20,21)5-2/h5-9,14-15,18H,2,4,10-13H2,1,3H3/t14?,15-/m1/s1. The molecule has 1 unspecified atom stereocenters. The highest BCUT2D eigenvalue weighted by atomic mass is 32.2. The van der Waals surface area contributed by atoms with Crippen LogP contribution in [-0.4, -0.2) is 40.8 Å². The van der Waals surface area contributed by atoms with Gasteiger partial charge in [0.15, 0.2) is 0 Å². The number of benzene rings is 1. The Morgan fingerprint density at radius 3 is 2.48 bits per heavy atom. The van der Waals surface area contributed by atoms with Gasteiger partial charge in [-0.1, -0.05) is 32.6 Å². The van der Waals surface area contributed by atoms with Gasteiger partial charge in [-0.3, -0.25) is 0 Å². The molecular weight excluding hydrogens is 360 g/mol. The van der Waals surface area contributed by atoms with Gasteiger partial charge in [-0.25, -0.2) is 21.6 Å². The molecule has 140 valence electrons. The summed E-state index contributed by atoms with van der Waals surface area (Å²) in [6.45, 7) is 8.38. The zero-order chi connectivity index (χ0) is 18.7. The highest BCUT2D eigenvalue weighted by Crippen LogP contribution is 2.26. The van der Waals surface area contributed by atoms with Crippen LogP contribution in [0.1, 0.15) is 38.2 Å². The fourth-order valence-electron chi connectivity index (χ4n) is 2.83. The molecule has 0 amide bonds. The highest BCUT2D eigenvalue weighted by molar-refractivity contribution is 7.92. The molecule has 1 fully saturated rings. The molecule has 0 saturated carbocycles. The molecule has 1 aliphatic rings. The Bertz CT molecular complexity index is 802. The summed E-state index contributed by atoms with van der Waals surface area (Å²) in [5.41, 5.74) is 1.12. The lowest BCUT2D eigenvalue weighted by molar-refractivity contribution is 0.455. The lowest BCUT2D eigenvalue weighted by Gasteiger charge is -2.17. The first-order valence-corrected chi connectivity index (χ1v) is 11.4. The van der Waals surface area contributed by atoms with E-state index in [2.05, 4.69) is 25.1 Å². The van der Waals surface area contributed by atoms with E-state index in [4.69, 9.17) is 0 Å². The molecule has 0 spiro atoms. The monoisotopic (exact) mass is 386 g/mol. The molecular formula is C17H26N2O4S2. The van der Waals surface area contributed by atoms with E-state index in [0.717, 1.165) is 17.4 Å². The van der Waals surface area contributed by atoms with Gasteiger partial charge in [-0.2, -0.15) is 4.31 Å². The molecule has 0 radical (unpaired) electrons. The van der Waals surface area contributed by atoms with Gasteiger partial charge in [-0.05, 0) is 42.4 Å². The van der Waals surface area contributed by atoms with Crippen molar-refractivity contribution >= 4 is 20.0 Å². The van der Waals surface area contributed by atoms with Gasteiger partial charge >= 0.3 is 0 Å². The Hall–Kier alpha value is -1.22. The molecule has 1 aliphatic heterocycles. The van der Waals surface area contributed by atoms with Crippen molar-refractivity contribution in [2.75, 3.05) is 19.6 Å². The number of hydrogen-bond acceptors (Lipinski definition) is 4. The molecule has 8 heteroatoms. The van der Waals surface area contributed by atoms with Crippen molar-refractivity contribution in [3.05, 3.63) is 41.8 Å². The molecule has 0 aromatic heterocycles. The maximum absolute atomic E-state index is 12.8. The summed E-state index contributed by atoms with van der Waals surface area (Å²) >= 11 is 0. The molecule has 2 atom stereocenters. The first kappa shape index (κ1) is 20.1. The van der Waals surface area contributed by atoms with Crippen LogP contribution in [0.3, 0.4) is 0 Å². The van der Waals surface area contributed by atoms with Crippen LogP contribution in [0.15, 0.2) is 41.1 Å². The van der Waals surface area contributed by atoms with Gasteiger partial charge in [0.25, 0.3) is 0 Å². The Kier molecular flexibility index (Phi) is 6.42. The lowest BCUT2D eigenvalue weighted by Crippen LogP contribution is -2.32. The summed E-state index contributed by atoms with van der Waals surface area (Å²) in [6.07, 6.45) is 1.63. The second kappa shape index (κ2) is 7.99. The summed E-state index contributed by atoms with van der Waals surface area (Å²) in [4.78, 5) is 0.284. The van der Waals surface area contributed by atoms with Gasteiger partial charge in [-0.15, -0.1) is 0 Å². The van der Waals surface area contributed by atoms with E-state index >= 15 is 0 Å². The van der Waals surface area contributed by atoms with Crippen LogP contribution < -0.4 is 4.72 Å². The molecule has 0 bridgehead atoms. The molecule has 25 heavy (non-hydrogen) atoms. The summed E-state index contributed by atoms with van der Waals surface area (Å²) in [5.74, 6) is 0.356. The molecule has 1 heterocycles. The quantitative estimate of drug-likeness (QED) is 0.743. The van der Waals surface area contributed by atoms with Gasteiger partial charge in [0.2, 0.25) is 20.0 Å². The summed E-state index contributed by atoms with van der Waals surface area (Å²) in [5, 5.41) is 0.856. The molecule has 6 nitrogen and oxygen atoms in total. The highest BCUT2D eigenvalue weighted by Gasteiger charge is 2.32. The van der Waals surface area contributed by atoms with E-state index in [9.17, 15) is 16.8 Å². The van der Waals surface area contributed by atoms with Crippen molar-refractivity contribution in [1.29, 1.82) is 0 Å². The maximum atomic E-state index is 12.8. The Balaban J connectivity index is 2.04. The van der Waals surface area contributed by atoms with Crippen LogP contribution in [0, 0.1) is 5.92 Å². The van der Waals surface area contributed by atoms with Crippen LogP contribution in [0.2, 0.25) is 0 Å². The zero-order valence-corrected chi connectivity index (χ0v) is 16.3. The van der Waals surface area contributed by atoms with Crippen molar-refractivity contribution in [3.63, 3.8) is 0 Å². The van der Waals surface area contributed by atoms with Crippen molar-refractivity contribution in [3.8, 4) is 0 Å². The minimum atomic E-state index is -3.54. The Labute approximate surface area is 151 Å². The summed E-state index contributed by atoms with van der Waals surface area (Å²) < 4.78 is 52.2. The number of sulfonamides is 2. The fourth-order valence-corrected chi connectivity index (χ4v) is 4.94. The lowest BCUT2D eigenvalue weighted by atomic mass is 9.99. The number of nitrogens with zero attached hydrogens (tertiary/aromatic N) is 1. The van der Waals surface area contributed by atoms with E-state index in [-0.39, 0.29) is 17.4 Å². The number of hydrogen-bond donors (Lipinski definition) is 1. The average molecular weight is 387 g/mol. The van der Waals surface area contributed by atoms with Crippen molar-refractivity contribution in [2.45, 2.75) is 37.5 Å². The van der Waals surface area contributed by atoms with E-state index in [0.29, 0.717) is 25.4 Å². The molecule has 1 aromatic rings. The van der Waals surface area contributed by atoms with Crippen molar-refractivity contribution in [1.82, 2.24) is 9.03 Å². The molecule has 2 rings (SSSR count). The van der Waals surface area contributed by atoms with Gasteiger partial charge in [0, 0.05) is 25.0 Å². The van der Waals surface area contributed by atoms with Gasteiger partial charge in [0.05, 0.1) is 4.90 Å². The minimum absolute atomic E-state index is 0.0381. The second-order valence-corrected chi connectivity index (χ2v) is 10.1. The van der Waals surface area contributed by atoms with E-state index in [1.807, 2.05) is 12.1 Å². The van der Waals surface area contributed by atoms with Crippen LogP contribution >= 0.6 is 0 Å². The minimum Gasteiger partial charge on any atom is -0.211 e. The van der Waals surface area contributed by atoms with Crippen LogP contribution in [0.4, 0.5) is 0 Å². The van der Waals surface area contributed by atoms with Crippen LogP contribution in [0.5, 0.6) is 0 Å². The third kappa shape index (κ3) is 4.91. The Morgan fingerprint density at radius 2 is 1.92 bits per heavy atom. The zero-order valence-electron chi connectivity index (χ0n) is 14.7. The third-order valence-corrected chi connectivity index (χ3v) is 7.63. The SMILES string of the molecule is C=CS(=O)(=O)NC[C@H]1CCN(S(=O)(=O)c2ccc(C(C)CC)cc2)C1. The van der Waals surface area contributed by atoms with Gasteiger partial charge < -0.3 is 0 Å². The van der Waals surface area contributed by atoms with E-state index in [1.54, 1.807) is 12.1 Å². The van der Waals surface area contributed by atoms with Gasteiger partial charge in [0.1, 0.15) is 0 Å². The number of rotatable bonds is 8. The number of nitrogens with one attached hydrogen (secondary N) is 1. The molecule has 0 aliphatic carbocycles. The smallest absolute Gasteiger partial charge is 0.211 e. The normalized spacial score (nSPS) is 20.5. The van der Waals surface area contributed by atoms with Crippen LogP contribution in [0.25, 0.3) is 0 Å². The van der Waals surface area contributed by atoms with Crippen molar-refractivity contribution < 1.29 is 16.8 Å². The molecule has 1 aromatic carbocycles. The maximum Gasteiger partial charge on any atom is 0.243 e. The third-order valence-electron chi connectivity index (χ3n) is 4.74. The average Bonchev–Trinajstić information content (AvgIpc) is 3.09. The van der Waals surface area contributed by atoms with Crippen LogP contribution in [-0.2, 0) is 20.0 Å². The second-order valence-electron chi connectivity index (χ2n) is 6.46. The molecule has 1 N–H and O–H groups in total. The predicted octanol–water partition coefficient (Wildman–Crippen LogP) is 2.27. The first-order valence-electron chi connectivity index (χ1n) is 8.41. The van der Waals surface area contributed by atoms with E-state index in [1.165, 1.54) is 4.31 Å². The fraction of sp³-hybridized carbons (Fsp3) is 0.529. The van der Waals surface area contributed by atoms with Crippen molar-refractivity contribution in [2.24, 2.45) is 5.92 Å². The van der Waals surface area contributed by atoms with E-state index < -0.39 is 20.0 Å². The Morgan fingerprint density at radius 1 is 1.28 bits per heavy atom. The summed E-state index contributed by atoms with van der Waals surface area (Å²) in [6, 6.07) is 7.05. The molecule has 1 saturated heterocycles. The largest absolute Gasteiger partial charge is 0.243 e. The summed E-state index contributed by atoms with van der Waals surface area (Å²) in [7, 11) is -7.03.